The van der Waals surface area contributed by atoms with E-state index in [1.54, 1.807) is 13.2 Å². The summed E-state index contributed by atoms with van der Waals surface area (Å²) >= 11 is 0. The fourth-order valence-electron chi connectivity index (χ4n) is 4.61. The molecule has 0 aliphatic rings. The lowest BCUT2D eigenvalue weighted by molar-refractivity contribution is 0.336. The van der Waals surface area contributed by atoms with Gasteiger partial charge in [-0.05, 0) is 56.9 Å². The number of H-pyrrole nitrogens is 1. The molecule has 0 saturated carbocycles. The SMILES string of the molecule is COc1ccc(F)cc1-c1nn(-c2ccc(C)c(-c3n[nH]cc3CN(C)CCN)c2)cc1CN(C)CCN. The highest BCUT2D eigenvalue weighted by Crippen LogP contribution is 2.34. The molecule has 38 heavy (non-hydrogen) atoms. The molecule has 0 unspecified atom stereocenters. The van der Waals surface area contributed by atoms with E-state index in [4.69, 9.17) is 21.3 Å². The first-order chi connectivity index (χ1) is 18.3. The quantitative estimate of drug-likeness (QED) is 0.263. The van der Waals surface area contributed by atoms with Crippen molar-refractivity contribution in [1.82, 2.24) is 29.8 Å². The maximum atomic E-state index is 14.3. The van der Waals surface area contributed by atoms with Gasteiger partial charge in [-0.1, -0.05) is 6.07 Å². The van der Waals surface area contributed by atoms with Gasteiger partial charge < -0.3 is 26.0 Å². The number of aromatic amines is 1. The third kappa shape index (κ3) is 6.11. The molecule has 9 nitrogen and oxygen atoms in total. The first kappa shape index (κ1) is 27.5. The van der Waals surface area contributed by atoms with Gasteiger partial charge >= 0.3 is 0 Å². The van der Waals surface area contributed by atoms with Crippen molar-refractivity contribution in [3.8, 4) is 34.0 Å². The molecule has 0 aliphatic carbocycles. The summed E-state index contributed by atoms with van der Waals surface area (Å²) in [6.45, 7) is 6.05. The predicted molar refractivity (Wildman–Crippen MR) is 149 cm³/mol. The van der Waals surface area contributed by atoms with Crippen LogP contribution < -0.4 is 16.2 Å². The highest BCUT2D eigenvalue weighted by Gasteiger charge is 2.19. The van der Waals surface area contributed by atoms with Gasteiger partial charge in [0.05, 0.1) is 18.5 Å². The molecule has 2 aromatic heterocycles. The zero-order chi connectivity index (χ0) is 27.2. The first-order valence-corrected chi connectivity index (χ1v) is 12.7. The number of hydrogen-bond donors (Lipinski definition) is 3. The smallest absolute Gasteiger partial charge is 0.128 e. The Morgan fingerprint density at radius 3 is 2.34 bits per heavy atom. The Hall–Kier alpha value is -3.57. The molecule has 2 heterocycles. The van der Waals surface area contributed by atoms with Crippen molar-refractivity contribution in [2.75, 3.05) is 47.4 Å². The van der Waals surface area contributed by atoms with E-state index in [0.717, 1.165) is 53.3 Å². The van der Waals surface area contributed by atoms with Crippen molar-refractivity contribution < 1.29 is 9.13 Å². The molecule has 4 rings (SSSR count). The topological polar surface area (TPSA) is 114 Å². The van der Waals surface area contributed by atoms with Gasteiger partial charge in [0.1, 0.15) is 17.3 Å². The summed E-state index contributed by atoms with van der Waals surface area (Å²) in [6.07, 6.45) is 3.92. The number of ether oxygens (including phenoxy) is 1. The molecule has 0 radical (unpaired) electrons. The number of methoxy groups -OCH3 is 1. The maximum Gasteiger partial charge on any atom is 0.128 e. The fourth-order valence-corrected chi connectivity index (χ4v) is 4.61. The lowest BCUT2D eigenvalue weighted by atomic mass is 10.0. The molecule has 0 aliphatic heterocycles. The molecule has 0 bridgehead atoms. The summed E-state index contributed by atoms with van der Waals surface area (Å²) in [4.78, 5) is 4.29. The van der Waals surface area contributed by atoms with E-state index >= 15 is 0 Å². The molecular formula is C28H37FN8O. The number of likely N-dealkylation sites (N-methyl/N-ethyl adjacent to an activating group) is 2. The van der Waals surface area contributed by atoms with E-state index in [-0.39, 0.29) is 5.82 Å². The maximum absolute atomic E-state index is 14.3. The van der Waals surface area contributed by atoms with Crippen LogP contribution in [0.25, 0.3) is 28.2 Å². The fraction of sp³-hybridized carbons (Fsp3) is 0.357. The normalized spacial score (nSPS) is 11.6. The molecule has 0 fully saturated rings. The van der Waals surface area contributed by atoms with Crippen LogP contribution in [0.3, 0.4) is 0 Å². The third-order valence-corrected chi connectivity index (χ3v) is 6.57. The van der Waals surface area contributed by atoms with Gasteiger partial charge in [0.25, 0.3) is 0 Å². The van der Waals surface area contributed by atoms with Crippen LogP contribution in [0.5, 0.6) is 5.75 Å². The van der Waals surface area contributed by atoms with E-state index in [1.165, 1.54) is 12.1 Å². The Balaban J connectivity index is 1.78. The molecule has 0 spiro atoms. The van der Waals surface area contributed by atoms with Crippen LogP contribution >= 0.6 is 0 Å². The lowest BCUT2D eigenvalue weighted by Crippen LogP contribution is -2.25. The second-order valence-electron chi connectivity index (χ2n) is 9.60. The molecule has 2 aromatic carbocycles. The van der Waals surface area contributed by atoms with Gasteiger partial charge in [0, 0.05) is 73.9 Å². The van der Waals surface area contributed by atoms with Crippen LogP contribution in [0, 0.1) is 12.7 Å². The Kier molecular flexibility index (Phi) is 8.90. The van der Waals surface area contributed by atoms with Crippen LogP contribution in [-0.2, 0) is 13.1 Å². The van der Waals surface area contributed by atoms with E-state index in [1.807, 2.05) is 37.2 Å². The molecule has 4 aromatic rings. The minimum Gasteiger partial charge on any atom is -0.496 e. The Bertz CT molecular complexity index is 1360. The summed E-state index contributed by atoms with van der Waals surface area (Å²) in [5, 5.41) is 12.5. The number of benzene rings is 2. The number of nitrogens with two attached hydrogens (primary N) is 2. The van der Waals surface area contributed by atoms with Gasteiger partial charge in [-0.2, -0.15) is 10.2 Å². The van der Waals surface area contributed by atoms with Crippen LogP contribution in [-0.4, -0.2) is 77.2 Å². The van der Waals surface area contributed by atoms with Gasteiger partial charge in [-0.3, -0.25) is 5.10 Å². The summed E-state index contributed by atoms with van der Waals surface area (Å²) in [6, 6.07) is 10.7. The number of aromatic nitrogens is 4. The summed E-state index contributed by atoms with van der Waals surface area (Å²) in [5.41, 5.74) is 18.7. The standard InChI is InChI=1S/C28H37FN8O/c1-19-5-7-23(14-24(19)27-20(15-32-33-27)16-35(2)11-9-30)37-18-21(17-36(3)12-10-31)28(34-37)25-13-22(29)6-8-26(25)38-4/h5-8,13-15,18H,9-12,16-17,30-31H2,1-4H3,(H,32,33). The molecule has 202 valence electrons. The van der Waals surface area contributed by atoms with Gasteiger partial charge in [0.15, 0.2) is 0 Å². The van der Waals surface area contributed by atoms with Crippen LogP contribution in [0.15, 0.2) is 48.8 Å². The van der Waals surface area contributed by atoms with Gasteiger partial charge in [0.2, 0.25) is 0 Å². The molecule has 0 saturated heterocycles. The number of rotatable bonds is 12. The number of nitrogens with zero attached hydrogens (tertiary/aromatic N) is 5. The zero-order valence-corrected chi connectivity index (χ0v) is 22.5. The number of aryl methyl sites for hydroxylation is 1. The zero-order valence-electron chi connectivity index (χ0n) is 22.5. The Morgan fingerprint density at radius 1 is 0.947 bits per heavy atom. The number of halogens is 1. The average Bonchev–Trinajstić information content (AvgIpc) is 3.51. The Morgan fingerprint density at radius 2 is 1.66 bits per heavy atom. The second-order valence-corrected chi connectivity index (χ2v) is 9.60. The van der Waals surface area contributed by atoms with Gasteiger partial charge in [-0.15, -0.1) is 0 Å². The summed E-state index contributed by atoms with van der Waals surface area (Å²) in [5.74, 6) is 0.214. The Labute approximate surface area is 223 Å². The van der Waals surface area contributed by atoms with Crippen LogP contribution in [0.2, 0.25) is 0 Å². The van der Waals surface area contributed by atoms with Crippen LogP contribution in [0.4, 0.5) is 4.39 Å². The number of hydrogen-bond acceptors (Lipinski definition) is 7. The minimum atomic E-state index is -0.347. The molecule has 0 atom stereocenters. The third-order valence-electron chi connectivity index (χ3n) is 6.57. The molecule has 0 amide bonds. The van der Waals surface area contributed by atoms with Crippen molar-refractivity contribution in [1.29, 1.82) is 0 Å². The lowest BCUT2D eigenvalue weighted by Gasteiger charge is -2.16. The predicted octanol–water partition coefficient (Wildman–Crippen LogP) is 3.17. The highest BCUT2D eigenvalue weighted by atomic mass is 19.1. The van der Waals surface area contributed by atoms with Crippen molar-refractivity contribution in [3.05, 3.63) is 71.3 Å². The van der Waals surface area contributed by atoms with Crippen LogP contribution in [0.1, 0.15) is 16.7 Å². The largest absolute Gasteiger partial charge is 0.496 e. The monoisotopic (exact) mass is 520 g/mol. The summed E-state index contributed by atoms with van der Waals surface area (Å²) in [7, 11) is 5.62. The summed E-state index contributed by atoms with van der Waals surface area (Å²) < 4.78 is 21.7. The van der Waals surface area contributed by atoms with E-state index in [2.05, 4.69) is 39.1 Å². The highest BCUT2D eigenvalue weighted by molar-refractivity contribution is 5.72. The number of nitrogens with one attached hydrogen (secondary N) is 1. The van der Waals surface area contributed by atoms with Gasteiger partial charge in [-0.25, -0.2) is 9.07 Å². The molecule has 10 heteroatoms. The van der Waals surface area contributed by atoms with Crippen molar-refractivity contribution in [2.45, 2.75) is 20.0 Å². The van der Waals surface area contributed by atoms with E-state index < -0.39 is 0 Å². The first-order valence-electron chi connectivity index (χ1n) is 12.7. The van der Waals surface area contributed by atoms with E-state index in [9.17, 15) is 4.39 Å². The van der Waals surface area contributed by atoms with E-state index in [0.29, 0.717) is 36.6 Å². The van der Waals surface area contributed by atoms with Crippen molar-refractivity contribution >= 4 is 0 Å². The average molecular weight is 521 g/mol. The van der Waals surface area contributed by atoms with Crippen molar-refractivity contribution in [3.63, 3.8) is 0 Å². The minimum absolute atomic E-state index is 0.347. The molecule has 5 N–H and O–H groups in total. The molecular weight excluding hydrogens is 483 g/mol. The second kappa shape index (κ2) is 12.3. The van der Waals surface area contributed by atoms with Crippen molar-refractivity contribution in [2.24, 2.45) is 11.5 Å².